The van der Waals surface area contributed by atoms with Crippen LogP contribution in [0.3, 0.4) is 0 Å². The number of primary amides is 2. The summed E-state index contributed by atoms with van der Waals surface area (Å²) in [6, 6.07) is 7.33. The molecule has 0 aliphatic carbocycles. The number of fused-ring (bicyclic) bond motifs is 2. The number of nitrogens with two attached hydrogens (primary N) is 2. The molecule has 2 aromatic heterocycles. The summed E-state index contributed by atoms with van der Waals surface area (Å²) in [5.74, 6) is -0.429. The van der Waals surface area contributed by atoms with Crippen molar-refractivity contribution in [1.29, 1.82) is 0 Å². The molecule has 2 aliphatic rings. The molecule has 0 spiro atoms. The number of aromatic nitrogens is 3. The summed E-state index contributed by atoms with van der Waals surface area (Å²) >= 11 is 0. The third kappa shape index (κ3) is 5.63. The summed E-state index contributed by atoms with van der Waals surface area (Å²) < 4.78 is 46.8. The summed E-state index contributed by atoms with van der Waals surface area (Å²) in [6.07, 6.45) is 1.05. The van der Waals surface area contributed by atoms with E-state index in [9.17, 15) is 22.8 Å². The van der Waals surface area contributed by atoms with Crippen LogP contribution in [0.4, 0.5) is 24.9 Å². The number of nitrogens with zero attached hydrogens (tertiary/aromatic N) is 4. The predicted molar refractivity (Wildman–Crippen MR) is 140 cm³/mol. The van der Waals surface area contributed by atoms with Gasteiger partial charge in [0.1, 0.15) is 29.4 Å². The molecule has 13 heteroatoms. The number of rotatable bonds is 8. The van der Waals surface area contributed by atoms with Crippen LogP contribution in [0.1, 0.15) is 48.7 Å². The number of carbonyl (C=O) groups excluding carboxylic acids is 2. The molecule has 2 aliphatic heterocycles. The van der Waals surface area contributed by atoms with E-state index in [0.717, 1.165) is 25.0 Å². The summed E-state index contributed by atoms with van der Waals surface area (Å²) in [5.41, 5.74) is 11.0. The lowest BCUT2D eigenvalue weighted by atomic mass is 9.99. The molecule has 2 bridgehead atoms. The zero-order valence-corrected chi connectivity index (χ0v) is 21.6. The van der Waals surface area contributed by atoms with Crippen molar-refractivity contribution in [3.05, 3.63) is 60.0 Å². The molecule has 210 valence electrons. The lowest BCUT2D eigenvalue weighted by Gasteiger charge is -2.39. The summed E-state index contributed by atoms with van der Waals surface area (Å²) in [5, 5.41) is 2.88. The second-order valence-electron chi connectivity index (χ2n) is 10.0. The quantitative estimate of drug-likeness (QED) is 0.382. The molecule has 3 atom stereocenters. The maximum atomic E-state index is 13.5. The van der Waals surface area contributed by atoms with Crippen LogP contribution in [0.25, 0.3) is 11.1 Å². The number of halogens is 3. The van der Waals surface area contributed by atoms with Crippen molar-refractivity contribution < 1.29 is 27.5 Å². The fraction of sp³-hybridized carbons (Fsp3) is 0.370. The van der Waals surface area contributed by atoms with E-state index in [1.54, 1.807) is 19.1 Å². The molecule has 2 unspecified atom stereocenters. The van der Waals surface area contributed by atoms with Gasteiger partial charge in [0.2, 0.25) is 11.9 Å². The molecule has 10 nitrogen and oxygen atoms in total. The Balaban J connectivity index is 1.40. The Morgan fingerprint density at radius 2 is 1.73 bits per heavy atom. The minimum Gasteiger partial charge on any atom is -0.490 e. The highest BCUT2D eigenvalue weighted by atomic mass is 19.4. The smallest absolute Gasteiger partial charge is 0.416 e. The average molecular weight is 556 g/mol. The Morgan fingerprint density at radius 3 is 2.33 bits per heavy atom. The molecule has 0 radical (unpaired) electrons. The maximum absolute atomic E-state index is 13.5. The minimum atomic E-state index is -4.49. The molecular formula is C27H28F3N7O3. The van der Waals surface area contributed by atoms with Gasteiger partial charge in [-0.25, -0.2) is 4.98 Å². The van der Waals surface area contributed by atoms with Crippen LogP contribution >= 0.6 is 0 Å². The van der Waals surface area contributed by atoms with E-state index >= 15 is 0 Å². The number of amides is 2. The number of carbonyl (C=O) groups is 2. The normalized spacial score (nSPS) is 21.1. The third-order valence-corrected chi connectivity index (χ3v) is 7.27. The number of nitrogens with one attached hydrogen (secondary N) is 1. The second-order valence-corrected chi connectivity index (χ2v) is 10.0. The highest BCUT2D eigenvalue weighted by Gasteiger charge is 2.43. The van der Waals surface area contributed by atoms with Crippen LogP contribution < -0.4 is 26.4 Å². The minimum absolute atomic E-state index is 0.00584. The fourth-order valence-electron chi connectivity index (χ4n) is 5.34. The van der Waals surface area contributed by atoms with Crippen LogP contribution in [-0.4, -0.2) is 51.0 Å². The van der Waals surface area contributed by atoms with E-state index in [0.29, 0.717) is 35.7 Å². The predicted octanol–water partition coefficient (Wildman–Crippen LogP) is 3.52. The molecule has 5 N–H and O–H groups in total. The van der Waals surface area contributed by atoms with Gasteiger partial charge in [-0.2, -0.15) is 18.2 Å². The first-order valence-electron chi connectivity index (χ1n) is 12.8. The van der Waals surface area contributed by atoms with Gasteiger partial charge in [-0.15, -0.1) is 0 Å². The summed E-state index contributed by atoms with van der Waals surface area (Å²) in [6.45, 7) is 1.57. The number of pyridine rings is 1. The zero-order valence-electron chi connectivity index (χ0n) is 21.6. The third-order valence-electron chi connectivity index (χ3n) is 7.27. The Bertz CT molecular complexity index is 1410. The molecule has 1 aromatic carbocycles. The van der Waals surface area contributed by atoms with E-state index in [1.165, 1.54) is 24.5 Å². The van der Waals surface area contributed by atoms with Crippen molar-refractivity contribution in [1.82, 2.24) is 15.0 Å². The highest BCUT2D eigenvalue weighted by molar-refractivity contribution is 5.92. The Hall–Kier alpha value is -4.42. The van der Waals surface area contributed by atoms with Crippen molar-refractivity contribution in [2.75, 3.05) is 10.2 Å². The number of benzene rings is 1. The molecule has 0 saturated carbocycles. The van der Waals surface area contributed by atoms with Crippen LogP contribution in [0, 0.1) is 0 Å². The van der Waals surface area contributed by atoms with Gasteiger partial charge in [0.05, 0.1) is 5.56 Å². The molecule has 4 heterocycles. The monoisotopic (exact) mass is 555 g/mol. The number of hydrogen-bond donors (Lipinski definition) is 3. The van der Waals surface area contributed by atoms with Crippen LogP contribution in [0.2, 0.25) is 0 Å². The maximum Gasteiger partial charge on any atom is 0.416 e. The SMILES string of the molecule is C[C@H](Nc1cc(C(N)=O)nc(N2C3CCC2CC(Oc2ccc(C(F)(F)F)cc2-c2ccncc2)C3)n1)C(N)=O. The first-order valence-corrected chi connectivity index (χ1v) is 12.8. The molecule has 2 amide bonds. The van der Waals surface area contributed by atoms with Gasteiger partial charge < -0.3 is 26.4 Å². The van der Waals surface area contributed by atoms with Crippen molar-refractivity contribution in [3.63, 3.8) is 0 Å². The number of ether oxygens (including phenoxy) is 1. The summed E-state index contributed by atoms with van der Waals surface area (Å²) in [7, 11) is 0. The van der Waals surface area contributed by atoms with Gasteiger partial charge >= 0.3 is 6.18 Å². The van der Waals surface area contributed by atoms with E-state index < -0.39 is 29.6 Å². The topological polar surface area (TPSA) is 149 Å². The van der Waals surface area contributed by atoms with Gasteiger partial charge in [-0.3, -0.25) is 14.6 Å². The summed E-state index contributed by atoms with van der Waals surface area (Å²) in [4.78, 5) is 38.4. The van der Waals surface area contributed by atoms with Crippen molar-refractivity contribution in [2.24, 2.45) is 11.5 Å². The molecule has 3 aromatic rings. The molecule has 40 heavy (non-hydrogen) atoms. The van der Waals surface area contributed by atoms with E-state index in [-0.39, 0.29) is 29.7 Å². The Morgan fingerprint density at radius 1 is 1.05 bits per heavy atom. The number of alkyl halides is 3. The standard InChI is InChI=1S/C27H28F3N7O3/c1-14(24(31)38)34-23-13-21(25(32)39)35-26(36-23)37-17-3-4-18(37)12-19(11-17)40-22-5-2-16(27(28,29)30)10-20(22)15-6-8-33-9-7-15/h2,5-10,13-14,17-19H,3-4,11-12H2,1H3,(H2,31,38)(H2,32,39)(H,34,35,36)/t14-,17?,18?,19?/m0/s1. The van der Waals surface area contributed by atoms with E-state index in [1.807, 2.05) is 4.90 Å². The number of anilines is 2. The Labute approximate surface area is 227 Å². The molecule has 2 saturated heterocycles. The highest BCUT2D eigenvalue weighted by Crippen LogP contribution is 2.42. The van der Waals surface area contributed by atoms with Gasteiger partial charge in [-0.05, 0) is 55.7 Å². The van der Waals surface area contributed by atoms with Crippen molar-refractivity contribution in [2.45, 2.75) is 63.0 Å². The number of piperidine rings is 1. The van der Waals surface area contributed by atoms with Crippen LogP contribution in [0.5, 0.6) is 5.75 Å². The van der Waals surface area contributed by atoms with E-state index in [2.05, 4.69) is 20.3 Å². The van der Waals surface area contributed by atoms with Gasteiger partial charge in [-0.1, -0.05) is 0 Å². The molecule has 5 rings (SSSR count). The van der Waals surface area contributed by atoms with Crippen LogP contribution in [0.15, 0.2) is 48.8 Å². The fourth-order valence-corrected chi connectivity index (χ4v) is 5.34. The van der Waals surface area contributed by atoms with Crippen molar-refractivity contribution >= 4 is 23.6 Å². The van der Waals surface area contributed by atoms with Gasteiger partial charge in [0, 0.05) is 48.9 Å². The Kier molecular flexibility index (Phi) is 7.21. The molecule has 2 fully saturated rings. The van der Waals surface area contributed by atoms with Crippen molar-refractivity contribution in [3.8, 4) is 16.9 Å². The van der Waals surface area contributed by atoms with Crippen LogP contribution in [-0.2, 0) is 11.0 Å². The number of hydrogen-bond acceptors (Lipinski definition) is 8. The lowest BCUT2D eigenvalue weighted by molar-refractivity contribution is -0.137. The largest absolute Gasteiger partial charge is 0.490 e. The van der Waals surface area contributed by atoms with Gasteiger partial charge in [0.25, 0.3) is 5.91 Å². The lowest BCUT2D eigenvalue weighted by Crippen LogP contribution is -2.47. The molecular weight excluding hydrogens is 527 g/mol. The first-order chi connectivity index (χ1) is 19.0. The zero-order chi connectivity index (χ0) is 28.6. The average Bonchev–Trinajstić information content (AvgIpc) is 3.18. The first kappa shape index (κ1) is 27.2. The van der Waals surface area contributed by atoms with E-state index in [4.69, 9.17) is 16.2 Å². The second kappa shape index (κ2) is 10.6. The van der Waals surface area contributed by atoms with Gasteiger partial charge in [0.15, 0.2) is 0 Å².